The first-order chi connectivity index (χ1) is 10.8. The van der Waals surface area contributed by atoms with Gasteiger partial charge in [0.1, 0.15) is 0 Å². The molecule has 0 N–H and O–H groups in total. The summed E-state index contributed by atoms with van der Waals surface area (Å²) in [4.78, 5) is 17.4. The van der Waals surface area contributed by atoms with Crippen LogP contribution in [0.3, 0.4) is 0 Å². The Morgan fingerprint density at radius 3 is 2.43 bits per heavy atom. The molecule has 0 radical (unpaired) electrons. The lowest BCUT2D eigenvalue weighted by Crippen LogP contribution is -2.44. The van der Waals surface area contributed by atoms with Gasteiger partial charge in [-0.3, -0.25) is 14.3 Å². The van der Waals surface area contributed by atoms with Crippen molar-refractivity contribution in [2.75, 3.05) is 0 Å². The van der Waals surface area contributed by atoms with Crippen molar-refractivity contribution >= 4 is 24.2 Å². The van der Waals surface area contributed by atoms with Gasteiger partial charge in [0.15, 0.2) is 0 Å². The van der Waals surface area contributed by atoms with E-state index in [-0.39, 0.29) is 5.56 Å². The summed E-state index contributed by atoms with van der Waals surface area (Å²) in [5.41, 5.74) is 3.61. The molecular formula is C19H22N2OSi. The van der Waals surface area contributed by atoms with Crippen LogP contribution in [0.2, 0.25) is 19.6 Å². The van der Waals surface area contributed by atoms with Gasteiger partial charge in [-0.05, 0) is 31.2 Å². The van der Waals surface area contributed by atoms with Crippen molar-refractivity contribution in [3.05, 3.63) is 64.2 Å². The van der Waals surface area contributed by atoms with Gasteiger partial charge in [-0.2, -0.15) is 0 Å². The topological polar surface area (TPSA) is 34.9 Å². The van der Waals surface area contributed by atoms with Gasteiger partial charge in [-0.15, -0.1) is 0 Å². The van der Waals surface area contributed by atoms with Crippen LogP contribution in [-0.4, -0.2) is 17.6 Å². The number of nitrogens with zero attached hydrogens (tertiary/aromatic N) is 2. The molecular weight excluding hydrogens is 300 g/mol. The summed E-state index contributed by atoms with van der Waals surface area (Å²) in [5.74, 6) is 0. The van der Waals surface area contributed by atoms with E-state index < -0.39 is 8.07 Å². The molecule has 0 spiro atoms. The SMILES string of the molecule is Cc1cc([Si](C)(C)C)c(C)n(-c2cccc3cccnc23)c1=O. The fraction of sp³-hybridized carbons (Fsp3) is 0.263. The van der Waals surface area contributed by atoms with Crippen molar-refractivity contribution in [1.29, 1.82) is 0 Å². The minimum atomic E-state index is -1.54. The highest BCUT2D eigenvalue weighted by Crippen LogP contribution is 2.20. The summed E-state index contributed by atoms with van der Waals surface area (Å²) in [6, 6.07) is 12.0. The van der Waals surface area contributed by atoms with Gasteiger partial charge in [-0.1, -0.05) is 43.9 Å². The van der Waals surface area contributed by atoms with E-state index in [4.69, 9.17) is 0 Å². The normalized spacial score (nSPS) is 11.9. The lowest BCUT2D eigenvalue weighted by molar-refractivity contribution is 0.931. The molecule has 0 saturated carbocycles. The highest BCUT2D eigenvalue weighted by molar-refractivity contribution is 6.89. The molecule has 0 bridgehead atoms. The highest BCUT2D eigenvalue weighted by Gasteiger charge is 2.23. The third-order valence-corrected chi connectivity index (χ3v) is 6.41. The first-order valence-corrected chi connectivity index (χ1v) is 11.4. The van der Waals surface area contributed by atoms with E-state index in [0.717, 1.165) is 27.8 Å². The molecule has 0 amide bonds. The number of para-hydroxylation sites is 1. The molecule has 0 fully saturated rings. The molecule has 118 valence electrons. The smallest absolute Gasteiger partial charge is 0.258 e. The van der Waals surface area contributed by atoms with Crippen LogP contribution in [0.15, 0.2) is 47.4 Å². The Kier molecular flexibility index (Phi) is 3.72. The van der Waals surface area contributed by atoms with Crippen LogP contribution in [0.25, 0.3) is 16.6 Å². The number of aryl methyl sites for hydroxylation is 1. The van der Waals surface area contributed by atoms with E-state index in [1.807, 2.05) is 41.8 Å². The molecule has 3 rings (SSSR count). The Hall–Kier alpha value is -2.20. The Labute approximate surface area is 137 Å². The Bertz CT molecular complexity index is 946. The van der Waals surface area contributed by atoms with Crippen molar-refractivity contribution in [2.24, 2.45) is 0 Å². The summed E-state index contributed by atoms with van der Waals surface area (Å²) >= 11 is 0. The number of hydrogen-bond acceptors (Lipinski definition) is 2. The van der Waals surface area contributed by atoms with Gasteiger partial charge in [0.05, 0.1) is 19.3 Å². The summed E-state index contributed by atoms with van der Waals surface area (Å²) in [6.07, 6.45) is 1.78. The van der Waals surface area contributed by atoms with E-state index in [1.54, 1.807) is 6.20 Å². The average molecular weight is 322 g/mol. The predicted molar refractivity (Wildman–Crippen MR) is 99.8 cm³/mol. The number of fused-ring (bicyclic) bond motifs is 1. The van der Waals surface area contributed by atoms with Gasteiger partial charge >= 0.3 is 0 Å². The third-order valence-electron chi connectivity index (χ3n) is 4.29. The van der Waals surface area contributed by atoms with Gasteiger partial charge in [0.2, 0.25) is 0 Å². The minimum Gasteiger partial charge on any atom is -0.279 e. The van der Waals surface area contributed by atoms with Gasteiger partial charge in [0, 0.05) is 22.8 Å². The van der Waals surface area contributed by atoms with Crippen molar-refractivity contribution < 1.29 is 0 Å². The highest BCUT2D eigenvalue weighted by atomic mass is 28.3. The summed E-state index contributed by atoms with van der Waals surface area (Å²) in [5, 5.41) is 2.37. The number of pyridine rings is 2. The summed E-state index contributed by atoms with van der Waals surface area (Å²) in [6.45, 7) is 10.9. The van der Waals surface area contributed by atoms with Crippen LogP contribution in [0.1, 0.15) is 11.3 Å². The first-order valence-electron chi connectivity index (χ1n) is 7.88. The second-order valence-electron chi connectivity index (χ2n) is 7.07. The van der Waals surface area contributed by atoms with E-state index in [0.29, 0.717) is 0 Å². The lowest BCUT2D eigenvalue weighted by Gasteiger charge is -2.24. The van der Waals surface area contributed by atoms with Crippen molar-refractivity contribution in [3.63, 3.8) is 0 Å². The Morgan fingerprint density at radius 2 is 1.74 bits per heavy atom. The maximum atomic E-state index is 12.9. The summed E-state index contributed by atoms with van der Waals surface area (Å²) < 4.78 is 1.85. The average Bonchev–Trinajstić information content (AvgIpc) is 2.50. The van der Waals surface area contributed by atoms with Crippen LogP contribution in [0.4, 0.5) is 0 Å². The van der Waals surface area contributed by atoms with Gasteiger partial charge < -0.3 is 0 Å². The number of benzene rings is 1. The molecule has 0 aliphatic rings. The van der Waals surface area contributed by atoms with Gasteiger partial charge in [0.25, 0.3) is 5.56 Å². The molecule has 0 aliphatic heterocycles. The molecule has 3 aromatic rings. The van der Waals surface area contributed by atoms with Crippen LogP contribution in [0, 0.1) is 13.8 Å². The molecule has 23 heavy (non-hydrogen) atoms. The predicted octanol–water partition coefficient (Wildman–Crippen LogP) is 3.55. The van der Waals surface area contributed by atoms with Crippen LogP contribution < -0.4 is 10.7 Å². The molecule has 1 aromatic carbocycles. The van der Waals surface area contributed by atoms with E-state index in [1.165, 1.54) is 5.19 Å². The maximum absolute atomic E-state index is 12.9. The molecule has 0 unspecified atom stereocenters. The molecule has 0 aliphatic carbocycles. The lowest BCUT2D eigenvalue weighted by atomic mass is 10.1. The zero-order chi connectivity index (χ0) is 16.8. The number of aromatic nitrogens is 2. The van der Waals surface area contributed by atoms with E-state index in [9.17, 15) is 4.79 Å². The quantitative estimate of drug-likeness (QED) is 0.676. The number of rotatable bonds is 2. The van der Waals surface area contributed by atoms with E-state index >= 15 is 0 Å². The molecule has 4 heteroatoms. The Morgan fingerprint density at radius 1 is 1.04 bits per heavy atom. The molecule has 2 aromatic heterocycles. The maximum Gasteiger partial charge on any atom is 0.258 e. The van der Waals surface area contributed by atoms with E-state index in [2.05, 4.69) is 37.6 Å². The number of hydrogen-bond donors (Lipinski definition) is 0. The van der Waals surface area contributed by atoms with Crippen molar-refractivity contribution in [2.45, 2.75) is 33.5 Å². The van der Waals surface area contributed by atoms with Gasteiger partial charge in [-0.25, -0.2) is 0 Å². The second-order valence-corrected chi connectivity index (χ2v) is 12.1. The fourth-order valence-electron chi connectivity index (χ4n) is 3.15. The standard InChI is InChI=1S/C19H22N2OSi/c1-13-12-17(23(3,4)5)14(2)21(19(13)22)16-10-6-8-15-9-7-11-20-18(15)16/h6-12H,1-5H3. The monoisotopic (exact) mass is 322 g/mol. The molecule has 2 heterocycles. The second kappa shape index (κ2) is 5.46. The van der Waals surface area contributed by atoms with Crippen LogP contribution >= 0.6 is 0 Å². The molecule has 0 saturated heterocycles. The van der Waals surface area contributed by atoms with Crippen molar-refractivity contribution in [3.8, 4) is 5.69 Å². The first kappa shape index (κ1) is 15.7. The summed E-state index contributed by atoms with van der Waals surface area (Å²) in [7, 11) is -1.54. The molecule has 3 nitrogen and oxygen atoms in total. The third kappa shape index (κ3) is 2.63. The minimum absolute atomic E-state index is 0.0441. The fourth-order valence-corrected chi connectivity index (χ4v) is 5.00. The van der Waals surface area contributed by atoms with Crippen LogP contribution in [-0.2, 0) is 0 Å². The van der Waals surface area contributed by atoms with Crippen molar-refractivity contribution in [1.82, 2.24) is 9.55 Å². The molecule has 0 atom stereocenters. The largest absolute Gasteiger partial charge is 0.279 e. The zero-order valence-electron chi connectivity index (χ0n) is 14.3. The van der Waals surface area contributed by atoms with Crippen LogP contribution in [0.5, 0.6) is 0 Å². The Balaban J connectivity index is 2.44. The zero-order valence-corrected chi connectivity index (χ0v) is 15.3.